The zero-order valence-corrected chi connectivity index (χ0v) is 9.93. The number of hydrogen-bond acceptors (Lipinski definition) is 0. The molecule has 1 aromatic carbocycles. The van der Waals surface area contributed by atoms with Gasteiger partial charge in [0, 0.05) is 0 Å². The molecule has 14 heavy (non-hydrogen) atoms. The van der Waals surface area contributed by atoms with Crippen LogP contribution in [0.15, 0.2) is 18.2 Å². The van der Waals surface area contributed by atoms with E-state index in [1.165, 1.54) is 36.0 Å². The molecule has 0 aliphatic carbocycles. The minimum absolute atomic E-state index is 0.856. The monoisotopic (exact) mass is 190 g/mol. The van der Waals surface area contributed by atoms with Gasteiger partial charge in [0.25, 0.3) is 0 Å². The average Bonchev–Trinajstić information content (AvgIpc) is 2.19. The van der Waals surface area contributed by atoms with Gasteiger partial charge in [0.15, 0.2) is 0 Å². The molecule has 0 aromatic heterocycles. The lowest BCUT2D eigenvalue weighted by molar-refractivity contribution is 0.516. The van der Waals surface area contributed by atoms with E-state index >= 15 is 0 Å². The summed E-state index contributed by atoms with van der Waals surface area (Å²) < 4.78 is 0. The Kier molecular flexibility index (Phi) is 4.19. The third kappa shape index (κ3) is 3.17. The van der Waals surface area contributed by atoms with Crippen LogP contribution in [0.3, 0.4) is 0 Å². The second kappa shape index (κ2) is 5.19. The molecule has 1 rings (SSSR count). The van der Waals surface area contributed by atoms with E-state index in [1.807, 2.05) is 0 Å². The van der Waals surface area contributed by atoms with E-state index in [2.05, 4.69) is 45.9 Å². The summed E-state index contributed by atoms with van der Waals surface area (Å²) in [5.74, 6) is 0.856. The van der Waals surface area contributed by atoms with Crippen LogP contribution in [0.4, 0.5) is 0 Å². The minimum atomic E-state index is 0.856. The zero-order chi connectivity index (χ0) is 10.6. The topological polar surface area (TPSA) is 0 Å². The van der Waals surface area contributed by atoms with Crippen molar-refractivity contribution in [3.63, 3.8) is 0 Å². The highest BCUT2D eigenvalue weighted by Gasteiger charge is 2.02. The number of hydrogen-bond donors (Lipinski definition) is 0. The molecule has 0 radical (unpaired) electrons. The van der Waals surface area contributed by atoms with Crippen LogP contribution in [0.2, 0.25) is 0 Å². The second-order valence-electron chi connectivity index (χ2n) is 4.48. The van der Waals surface area contributed by atoms with Crippen molar-refractivity contribution in [2.75, 3.05) is 0 Å². The molecule has 0 saturated heterocycles. The van der Waals surface area contributed by atoms with E-state index in [0.717, 1.165) is 5.92 Å². The maximum absolute atomic E-state index is 2.34. The van der Waals surface area contributed by atoms with E-state index in [1.54, 1.807) is 0 Å². The maximum atomic E-state index is 2.34. The van der Waals surface area contributed by atoms with Gasteiger partial charge in [-0.1, -0.05) is 44.0 Å². The molecule has 1 unspecified atom stereocenters. The van der Waals surface area contributed by atoms with Crippen molar-refractivity contribution in [1.82, 2.24) is 0 Å². The Labute approximate surface area is 88.4 Å². The summed E-state index contributed by atoms with van der Waals surface area (Å²) in [6.45, 7) is 9.00. The van der Waals surface area contributed by atoms with Crippen LogP contribution < -0.4 is 0 Å². The fourth-order valence-corrected chi connectivity index (χ4v) is 1.68. The van der Waals surface area contributed by atoms with E-state index in [9.17, 15) is 0 Å². The quantitative estimate of drug-likeness (QED) is 0.664. The molecule has 0 saturated carbocycles. The highest BCUT2D eigenvalue weighted by atomic mass is 14.1. The lowest BCUT2D eigenvalue weighted by Gasteiger charge is -2.10. The van der Waals surface area contributed by atoms with Crippen molar-refractivity contribution in [3.8, 4) is 0 Å². The highest BCUT2D eigenvalue weighted by Crippen LogP contribution is 2.16. The predicted octanol–water partition coefficient (Wildman–Crippen LogP) is 4.28. The Morgan fingerprint density at radius 2 is 1.93 bits per heavy atom. The van der Waals surface area contributed by atoms with Gasteiger partial charge in [-0.2, -0.15) is 0 Å². The first-order valence-electron chi connectivity index (χ1n) is 5.69. The van der Waals surface area contributed by atoms with Gasteiger partial charge in [0.2, 0.25) is 0 Å². The first-order chi connectivity index (χ1) is 6.63. The lowest BCUT2D eigenvalue weighted by atomic mass is 9.95. The van der Waals surface area contributed by atoms with Crippen molar-refractivity contribution >= 4 is 0 Å². The van der Waals surface area contributed by atoms with Crippen molar-refractivity contribution in [2.24, 2.45) is 5.92 Å². The molecule has 78 valence electrons. The van der Waals surface area contributed by atoms with Gasteiger partial charge in [0.1, 0.15) is 0 Å². The molecule has 0 heteroatoms. The number of benzene rings is 1. The van der Waals surface area contributed by atoms with Gasteiger partial charge in [-0.3, -0.25) is 0 Å². The summed E-state index contributed by atoms with van der Waals surface area (Å²) in [5.41, 5.74) is 4.36. The summed E-state index contributed by atoms with van der Waals surface area (Å²) in [7, 11) is 0. The Hall–Kier alpha value is -0.780. The van der Waals surface area contributed by atoms with Gasteiger partial charge in [-0.05, 0) is 43.7 Å². The molecule has 0 amide bonds. The maximum Gasteiger partial charge on any atom is -0.0274 e. The van der Waals surface area contributed by atoms with Crippen molar-refractivity contribution < 1.29 is 0 Å². The Morgan fingerprint density at radius 3 is 2.57 bits per heavy atom. The molecule has 1 atom stereocenters. The molecule has 0 N–H and O–H groups in total. The molecule has 0 nitrogen and oxygen atoms in total. The molecular formula is C14H22. The largest absolute Gasteiger partial charge is 0.0651 e. The highest BCUT2D eigenvalue weighted by molar-refractivity contribution is 5.30. The number of rotatable bonds is 4. The van der Waals surface area contributed by atoms with Crippen molar-refractivity contribution in [3.05, 3.63) is 34.9 Å². The average molecular weight is 190 g/mol. The second-order valence-corrected chi connectivity index (χ2v) is 4.48. The molecule has 0 spiro atoms. The molecular weight excluding hydrogens is 168 g/mol. The molecule has 0 heterocycles. The van der Waals surface area contributed by atoms with Gasteiger partial charge in [0.05, 0.1) is 0 Å². The third-order valence-corrected chi connectivity index (χ3v) is 3.11. The Bertz CT molecular complexity index is 286. The van der Waals surface area contributed by atoms with Gasteiger partial charge in [-0.25, -0.2) is 0 Å². The van der Waals surface area contributed by atoms with Crippen LogP contribution in [-0.4, -0.2) is 0 Å². The molecule has 0 aliphatic heterocycles. The lowest BCUT2D eigenvalue weighted by Crippen LogP contribution is -1.97. The Morgan fingerprint density at radius 1 is 1.21 bits per heavy atom. The van der Waals surface area contributed by atoms with E-state index in [-0.39, 0.29) is 0 Å². The molecule has 0 fully saturated rings. The summed E-state index contributed by atoms with van der Waals surface area (Å²) in [5, 5.41) is 0. The first-order valence-corrected chi connectivity index (χ1v) is 5.69. The van der Waals surface area contributed by atoms with E-state index in [0.29, 0.717) is 0 Å². The van der Waals surface area contributed by atoms with Crippen LogP contribution in [-0.2, 0) is 6.42 Å². The van der Waals surface area contributed by atoms with Crippen molar-refractivity contribution in [1.29, 1.82) is 0 Å². The van der Waals surface area contributed by atoms with Crippen LogP contribution in [0, 0.1) is 19.8 Å². The predicted molar refractivity (Wildman–Crippen MR) is 63.7 cm³/mol. The fourth-order valence-electron chi connectivity index (χ4n) is 1.68. The van der Waals surface area contributed by atoms with Crippen LogP contribution >= 0.6 is 0 Å². The SMILES string of the molecule is CCC(C)CCc1cc(C)ccc1C. The summed E-state index contributed by atoms with van der Waals surface area (Å²) in [6.07, 6.45) is 3.86. The molecule has 0 bridgehead atoms. The van der Waals surface area contributed by atoms with Crippen LogP contribution in [0.5, 0.6) is 0 Å². The van der Waals surface area contributed by atoms with Crippen molar-refractivity contribution in [2.45, 2.75) is 47.0 Å². The van der Waals surface area contributed by atoms with Crippen LogP contribution in [0.1, 0.15) is 43.4 Å². The Balaban J connectivity index is 2.62. The third-order valence-electron chi connectivity index (χ3n) is 3.11. The molecule has 1 aromatic rings. The minimum Gasteiger partial charge on any atom is -0.0651 e. The van der Waals surface area contributed by atoms with Gasteiger partial charge < -0.3 is 0 Å². The fraction of sp³-hybridized carbons (Fsp3) is 0.571. The smallest absolute Gasteiger partial charge is 0.0274 e. The summed E-state index contributed by atoms with van der Waals surface area (Å²) in [6, 6.07) is 6.76. The summed E-state index contributed by atoms with van der Waals surface area (Å²) in [4.78, 5) is 0. The van der Waals surface area contributed by atoms with E-state index < -0.39 is 0 Å². The van der Waals surface area contributed by atoms with Gasteiger partial charge in [-0.15, -0.1) is 0 Å². The first kappa shape index (κ1) is 11.3. The van der Waals surface area contributed by atoms with Gasteiger partial charge >= 0.3 is 0 Å². The van der Waals surface area contributed by atoms with E-state index in [4.69, 9.17) is 0 Å². The normalized spacial score (nSPS) is 12.9. The zero-order valence-electron chi connectivity index (χ0n) is 9.93. The van der Waals surface area contributed by atoms with Crippen LogP contribution in [0.25, 0.3) is 0 Å². The molecule has 0 aliphatic rings. The standard InChI is InChI=1S/C14H22/c1-5-11(2)7-9-14-10-12(3)6-8-13(14)4/h6,8,10-11H,5,7,9H2,1-4H3. The summed E-state index contributed by atoms with van der Waals surface area (Å²) >= 11 is 0. The number of aryl methyl sites for hydroxylation is 3.